The summed E-state index contributed by atoms with van der Waals surface area (Å²) in [6, 6.07) is 12.0. The first-order valence-corrected chi connectivity index (χ1v) is 23.9. The van der Waals surface area contributed by atoms with Crippen LogP contribution in [0.25, 0.3) is 0 Å². The van der Waals surface area contributed by atoms with Gasteiger partial charge >= 0.3 is 0 Å². The summed E-state index contributed by atoms with van der Waals surface area (Å²) in [5.41, 5.74) is 3.48. The maximum absolute atomic E-state index is 13.6. The van der Waals surface area contributed by atoms with Gasteiger partial charge in [0.25, 0.3) is 5.91 Å². The minimum Gasteiger partial charge on any atom is -0.491 e. The number of methoxy groups -OCH3 is 1. The van der Waals surface area contributed by atoms with E-state index in [1.807, 2.05) is 58.0 Å². The summed E-state index contributed by atoms with van der Waals surface area (Å²) >= 11 is 8.35. The first kappa shape index (κ1) is 45.0. The van der Waals surface area contributed by atoms with E-state index in [2.05, 4.69) is 68.5 Å². The number of halogens is 1. The van der Waals surface area contributed by atoms with Gasteiger partial charge in [0.15, 0.2) is 0 Å². The second kappa shape index (κ2) is 21.8. The van der Waals surface area contributed by atoms with Gasteiger partial charge in [0.2, 0.25) is 0 Å². The molecule has 2 fully saturated rings. The Morgan fingerprint density at radius 2 is 1.86 bits per heavy atom. The summed E-state index contributed by atoms with van der Waals surface area (Å²) in [6.45, 7) is 19.3. The van der Waals surface area contributed by atoms with Crippen LogP contribution in [-0.2, 0) is 22.1 Å². The molecule has 1 amide bonds. The topological polar surface area (TPSA) is 86.4 Å². The molecule has 4 aliphatic rings. The molecule has 0 spiro atoms. The van der Waals surface area contributed by atoms with Crippen molar-refractivity contribution in [2.75, 3.05) is 83.8 Å². The van der Waals surface area contributed by atoms with Gasteiger partial charge in [0.05, 0.1) is 17.5 Å². The number of allylic oxidation sites excluding steroid dienone is 1. The normalized spacial score (nSPS) is 30.3. The van der Waals surface area contributed by atoms with Crippen molar-refractivity contribution in [3.8, 4) is 5.75 Å². The van der Waals surface area contributed by atoms with Crippen LogP contribution in [0.2, 0.25) is 5.02 Å². The molecule has 7 unspecified atom stereocenters. The van der Waals surface area contributed by atoms with E-state index in [9.17, 15) is 9.00 Å². The summed E-state index contributed by atoms with van der Waals surface area (Å²) in [4.78, 5) is 18.7. The van der Waals surface area contributed by atoms with Crippen molar-refractivity contribution in [3.05, 3.63) is 70.3 Å². The predicted octanol–water partition coefficient (Wildman–Crippen LogP) is 7.97. The Morgan fingerprint density at radius 3 is 2.59 bits per heavy atom. The molecular formula is C44H68ClN5O4S2. The number of benzene rings is 2. The Morgan fingerprint density at radius 1 is 1.05 bits per heavy atom. The molecule has 1 saturated heterocycles. The lowest BCUT2D eigenvalue weighted by Gasteiger charge is -2.51. The van der Waals surface area contributed by atoms with E-state index in [1.54, 1.807) is 6.07 Å². The van der Waals surface area contributed by atoms with Gasteiger partial charge < -0.3 is 19.7 Å². The monoisotopic (exact) mass is 829 g/mol. The molecule has 12 heteroatoms. The van der Waals surface area contributed by atoms with E-state index in [0.717, 1.165) is 114 Å². The number of hydrogen-bond donors (Lipinski definition) is 2. The van der Waals surface area contributed by atoms with E-state index < -0.39 is 16.6 Å². The molecule has 6 rings (SSSR count). The largest absolute Gasteiger partial charge is 0.491 e. The van der Waals surface area contributed by atoms with Crippen molar-refractivity contribution in [1.82, 2.24) is 19.2 Å². The number of hydrogen-bond acceptors (Lipinski definition) is 9. The van der Waals surface area contributed by atoms with E-state index in [0.29, 0.717) is 24.0 Å². The van der Waals surface area contributed by atoms with Crippen molar-refractivity contribution in [2.45, 2.75) is 89.9 Å². The Balaban J connectivity index is 0.00000295. The maximum atomic E-state index is 13.6. The number of ether oxygens (including phenoxy) is 2. The van der Waals surface area contributed by atoms with Crippen molar-refractivity contribution < 1.29 is 18.5 Å². The minimum atomic E-state index is -1.55. The highest BCUT2D eigenvalue weighted by Crippen LogP contribution is 2.47. The number of carbonyl (C=O) groups is 1. The van der Waals surface area contributed by atoms with Crippen molar-refractivity contribution in [3.63, 3.8) is 0 Å². The lowest BCUT2D eigenvalue weighted by molar-refractivity contribution is -0.0915. The highest BCUT2D eigenvalue weighted by atomic mass is 35.5. The van der Waals surface area contributed by atoms with E-state index in [-0.39, 0.29) is 23.0 Å². The predicted molar refractivity (Wildman–Crippen MR) is 237 cm³/mol. The van der Waals surface area contributed by atoms with Crippen LogP contribution in [-0.4, -0.2) is 109 Å². The smallest absolute Gasteiger partial charge is 0.263 e. The highest BCUT2D eigenvalue weighted by Gasteiger charge is 2.48. The second-order valence-corrected chi connectivity index (χ2v) is 18.7. The van der Waals surface area contributed by atoms with Crippen LogP contribution in [0.5, 0.6) is 5.75 Å². The molecule has 9 nitrogen and oxygen atoms in total. The van der Waals surface area contributed by atoms with Gasteiger partial charge in [-0.3, -0.25) is 14.4 Å². The molecule has 2 N–H and O–H groups in total. The van der Waals surface area contributed by atoms with Crippen LogP contribution < -0.4 is 19.7 Å². The zero-order valence-electron chi connectivity index (χ0n) is 35.0. The third-order valence-corrected chi connectivity index (χ3v) is 15.0. The minimum absolute atomic E-state index is 0.0936. The lowest BCUT2D eigenvalue weighted by atomic mass is 9.63. The Bertz CT molecular complexity index is 1630. The fourth-order valence-corrected chi connectivity index (χ4v) is 10.6. The average molecular weight is 831 g/mol. The first-order valence-electron chi connectivity index (χ1n) is 21.1. The summed E-state index contributed by atoms with van der Waals surface area (Å²) in [7, 11) is 0.350. The Labute approximate surface area is 349 Å². The Hall–Kier alpha value is -2.12. The summed E-state index contributed by atoms with van der Waals surface area (Å²) < 4.78 is 32.2. The van der Waals surface area contributed by atoms with Crippen LogP contribution >= 0.6 is 23.5 Å². The maximum Gasteiger partial charge on any atom is 0.263 e. The van der Waals surface area contributed by atoms with Gasteiger partial charge in [0, 0.05) is 76.0 Å². The lowest BCUT2D eigenvalue weighted by Crippen LogP contribution is -2.57. The molecule has 2 aromatic carbocycles. The van der Waals surface area contributed by atoms with Gasteiger partial charge in [-0.15, -0.1) is 0 Å². The molecule has 7 atom stereocenters. The molecule has 0 aromatic heterocycles. The zero-order chi connectivity index (χ0) is 40.2. The van der Waals surface area contributed by atoms with Crippen molar-refractivity contribution >= 4 is 46.1 Å². The summed E-state index contributed by atoms with van der Waals surface area (Å²) in [5, 5.41) is 4.20. The van der Waals surface area contributed by atoms with Crippen LogP contribution in [0, 0.1) is 17.8 Å². The second-order valence-electron chi connectivity index (χ2n) is 15.8. The number of amides is 1. The molecule has 1 saturated carbocycles. The molecular weight excluding hydrogens is 762 g/mol. The van der Waals surface area contributed by atoms with Crippen LogP contribution in [0.1, 0.15) is 94.1 Å². The number of carbonyl (C=O) groups excluding carboxylic acids is 1. The van der Waals surface area contributed by atoms with E-state index >= 15 is 0 Å². The number of aryl methyl sites for hydroxylation is 1. The molecule has 0 radical (unpaired) electrons. The summed E-state index contributed by atoms with van der Waals surface area (Å²) in [5.74, 6) is 1.34. The fourth-order valence-electron chi connectivity index (χ4n) is 8.82. The van der Waals surface area contributed by atoms with E-state index in [4.69, 9.17) is 21.1 Å². The van der Waals surface area contributed by atoms with Gasteiger partial charge in [0.1, 0.15) is 22.3 Å². The summed E-state index contributed by atoms with van der Waals surface area (Å²) in [6.07, 6.45) is 12.8. The first-order chi connectivity index (χ1) is 27.1. The van der Waals surface area contributed by atoms with Gasteiger partial charge in [-0.1, -0.05) is 75.9 Å². The Kier molecular flexibility index (Phi) is 17.5. The SMILES string of the molecule is CC.CCCc1cc(Cl)ccc1C1COc2ccc3cc2N(C1)CC1CCC1C(CN1CCCN(SC)CCNCC1)(OC)/C=C/CC(C)C(C)S(=O)NC3=O. The van der Waals surface area contributed by atoms with Gasteiger partial charge in [-0.05, 0) is 111 Å². The number of rotatable bonds is 7. The van der Waals surface area contributed by atoms with E-state index in [1.165, 1.54) is 11.1 Å². The zero-order valence-corrected chi connectivity index (χ0v) is 37.4. The van der Waals surface area contributed by atoms with Crippen molar-refractivity contribution in [2.24, 2.45) is 17.8 Å². The molecule has 3 aliphatic heterocycles. The third kappa shape index (κ3) is 11.1. The average Bonchev–Trinajstić information content (AvgIpc) is 3.37. The molecule has 2 bridgehead atoms. The van der Waals surface area contributed by atoms with Gasteiger partial charge in [-0.25, -0.2) is 8.51 Å². The molecule has 312 valence electrons. The molecule has 3 heterocycles. The van der Waals surface area contributed by atoms with Crippen LogP contribution in [0.15, 0.2) is 48.6 Å². The quantitative estimate of drug-likeness (QED) is 0.213. The molecule has 1 aliphatic carbocycles. The number of anilines is 1. The van der Waals surface area contributed by atoms with Crippen molar-refractivity contribution in [1.29, 1.82) is 0 Å². The number of fused-ring (bicyclic) bond motifs is 2. The van der Waals surface area contributed by atoms with Gasteiger partial charge in [-0.2, -0.15) is 0 Å². The van der Waals surface area contributed by atoms with Crippen LogP contribution in [0.4, 0.5) is 5.69 Å². The molecule has 56 heavy (non-hydrogen) atoms. The fraction of sp³-hybridized carbons (Fsp3) is 0.659. The third-order valence-electron chi connectivity index (χ3n) is 12.4. The number of nitrogens with one attached hydrogen (secondary N) is 2. The standard InChI is InChI=1S/C42H62ClN5O4S2.C2H6/c1-6-9-32-24-36(43)13-14-37(32)35-27-47-26-34-11-15-38(34)42(51-4,29-46-20-8-21-48(53-5)23-19-44-18-22-46)17-7-10-30(2)31(3)54(50)45-41(49)33-12-16-40(52-28-35)39(47)25-33;1-2/h7,12-14,16-17,24-25,30-31,34-35,38,44H,6,8-11,15,18-23,26-29H2,1-5H3,(H,45,49);1-2H3/b17-7+;. The highest BCUT2D eigenvalue weighted by molar-refractivity contribution is 7.96. The van der Waals surface area contributed by atoms with Crippen LogP contribution in [0.3, 0.4) is 0 Å². The number of nitrogens with zero attached hydrogens (tertiary/aromatic N) is 3. The molecule has 2 aromatic rings.